The summed E-state index contributed by atoms with van der Waals surface area (Å²) >= 11 is 0. The Balaban J connectivity index is 2.27. The van der Waals surface area contributed by atoms with Crippen molar-refractivity contribution in [1.29, 1.82) is 0 Å². The van der Waals surface area contributed by atoms with E-state index in [4.69, 9.17) is 15.4 Å². The summed E-state index contributed by atoms with van der Waals surface area (Å²) in [4.78, 5) is 8.23. The maximum atomic E-state index is 8.79. The molecular formula is C11H14N4O2. The standard InChI is InChI=1S/C11H14N4O2/c1-7-2-4-13-6-8(7)10-14-11(17-15-10)9(12)3-5-16/h2,4,6,9,16H,3,5,12H2,1H3. The van der Waals surface area contributed by atoms with Crippen molar-refractivity contribution >= 4 is 0 Å². The molecule has 3 N–H and O–H groups in total. The number of aliphatic hydroxyl groups is 1. The van der Waals surface area contributed by atoms with Crippen molar-refractivity contribution in [3.63, 3.8) is 0 Å². The normalized spacial score (nSPS) is 12.6. The highest BCUT2D eigenvalue weighted by Crippen LogP contribution is 2.21. The molecule has 0 aliphatic heterocycles. The summed E-state index contributed by atoms with van der Waals surface area (Å²) < 4.78 is 5.06. The zero-order valence-corrected chi connectivity index (χ0v) is 9.50. The van der Waals surface area contributed by atoms with Crippen LogP contribution in [0.4, 0.5) is 0 Å². The maximum absolute atomic E-state index is 8.79. The number of aryl methyl sites for hydroxylation is 1. The van der Waals surface area contributed by atoms with E-state index >= 15 is 0 Å². The molecule has 0 fully saturated rings. The lowest BCUT2D eigenvalue weighted by Crippen LogP contribution is -2.12. The predicted molar refractivity (Wildman–Crippen MR) is 60.9 cm³/mol. The molecular weight excluding hydrogens is 220 g/mol. The van der Waals surface area contributed by atoms with Gasteiger partial charge in [0, 0.05) is 24.6 Å². The first kappa shape index (κ1) is 11.7. The van der Waals surface area contributed by atoms with Crippen LogP contribution in [0.1, 0.15) is 23.9 Å². The summed E-state index contributed by atoms with van der Waals surface area (Å²) in [5.41, 5.74) is 7.60. The second-order valence-corrected chi connectivity index (χ2v) is 3.77. The monoisotopic (exact) mass is 234 g/mol. The van der Waals surface area contributed by atoms with E-state index in [0.29, 0.717) is 18.1 Å². The lowest BCUT2D eigenvalue weighted by molar-refractivity contribution is 0.259. The first-order valence-corrected chi connectivity index (χ1v) is 5.33. The molecule has 0 saturated heterocycles. The number of hydrogen-bond donors (Lipinski definition) is 2. The molecule has 0 spiro atoms. The second-order valence-electron chi connectivity index (χ2n) is 3.77. The Morgan fingerprint density at radius 3 is 3.06 bits per heavy atom. The van der Waals surface area contributed by atoms with E-state index < -0.39 is 6.04 Å². The number of rotatable bonds is 4. The van der Waals surface area contributed by atoms with Crippen molar-refractivity contribution in [3.05, 3.63) is 29.9 Å². The molecule has 1 unspecified atom stereocenters. The molecule has 2 aromatic heterocycles. The van der Waals surface area contributed by atoms with Crippen LogP contribution in [0.2, 0.25) is 0 Å². The fourth-order valence-electron chi connectivity index (χ4n) is 1.46. The molecule has 90 valence electrons. The first-order valence-electron chi connectivity index (χ1n) is 5.33. The number of hydrogen-bond acceptors (Lipinski definition) is 6. The van der Waals surface area contributed by atoms with Gasteiger partial charge < -0.3 is 15.4 Å². The van der Waals surface area contributed by atoms with Crippen LogP contribution in [0.15, 0.2) is 23.0 Å². The molecule has 17 heavy (non-hydrogen) atoms. The van der Waals surface area contributed by atoms with Gasteiger partial charge in [-0.3, -0.25) is 4.98 Å². The van der Waals surface area contributed by atoms with Gasteiger partial charge in [-0.2, -0.15) is 4.98 Å². The van der Waals surface area contributed by atoms with Gasteiger partial charge in [0.15, 0.2) is 0 Å². The maximum Gasteiger partial charge on any atom is 0.243 e. The largest absolute Gasteiger partial charge is 0.396 e. The molecule has 0 amide bonds. The van der Waals surface area contributed by atoms with E-state index in [1.807, 2.05) is 13.0 Å². The lowest BCUT2D eigenvalue weighted by Gasteiger charge is -2.02. The predicted octanol–water partition coefficient (Wildman–Crippen LogP) is 0.822. The van der Waals surface area contributed by atoms with Gasteiger partial charge in [0.1, 0.15) is 0 Å². The topological polar surface area (TPSA) is 98.1 Å². The number of pyridine rings is 1. The number of aliphatic hydroxyl groups excluding tert-OH is 1. The number of aromatic nitrogens is 3. The highest BCUT2D eigenvalue weighted by atomic mass is 16.5. The Kier molecular flexibility index (Phi) is 3.46. The molecule has 0 bridgehead atoms. The summed E-state index contributed by atoms with van der Waals surface area (Å²) in [7, 11) is 0. The zero-order valence-electron chi connectivity index (χ0n) is 9.50. The summed E-state index contributed by atoms with van der Waals surface area (Å²) in [6.45, 7) is 1.94. The van der Waals surface area contributed by atoms with Crippen molar-refractivity contribution in [2.24, 2.45) is 5.73 Å². The van der Waals surface area contributed by atoms with Gasteiger partial charge in [0.2, 0.25) is 11.7 Å². The molecule has 2 aromatic rings. The average molecular weight is 234 g/mol. The molecule has 0 saturated carbocycles. The summed E-state index contributed by atoms with van der Waals surface area (Å²) in [6.07, 6.45) is 3.78. The number of nitrogens with two attached hydrogens (primary N) is 1. The van der Waals surface area contributed by atoms with Crippen molar-refractivity contribution in [2.75, 3.05) is 6.61 Å². The van der Waals surface area contributed by atoms with Gasteiger partial charge in [0.25, 0.3) is 0 Å². The van der Waals surface area contributed by atoms with Crippen LogP contribution in [-0.4, -0.2) is 26.8 Å². The Bertz CT molecular complexity index is 498. The lowest BCUT2D eigenvalue weighted by atomic mass is 10.1. The van der Waals surface area contributed by atoms with Crippen LogP contribution in [-0.2, 0) is 0 Å². The van der Waals surface area contributed by atoms with E-state index in [0.717, 1.165) is 11.1 Å². The van der Waals surface area contributed by atoms with Crippen molar-refractivity contribution in [3.8, 4) is 11.4 Å². The van der Waals surface area contributed by atoms with Crippen molar-refractivity contribution in [2.45, 2.75) is 19.4 Å². The molecule has 6 nitrogen and oxygen atoms in total. The summed E-state index contributed by atoms with van der Waals surface area (Å²) in [5.74, 6) is 0.802. The Morgan fingerprint density at radius 1 is 1.53 bits per heavy atom. The molecule has 0 aliphatic carbocycles. The van der Waals surface area contributed by atoms with Crippen molar-refractivity contribution in [1.82, 2.24) is 15.1 Å². The third-order valence-electron chi connectivity index (χ3n) is 2.48. The zero-order chi connectivity index (χ0) is 12.3. The minimum atomic E-state index is -0.432. The van der Waals surface area contributed by atoms with Gasteiger partial charge in [-0.15, -0.1) is 0 Å². The molecule has 0 radical (unpaired) electrons. The second kappa shape index (κ2) is 5.03. The number of nitrogens with zero attached hydrogens (tertiary/aromatic N) is 3. The van der Waals surface area contributed by atoms with E-state index in [1.54, 1.807) is 12.4 Å². The molecule has 6 heteroatoms. The molecule has 0 aliphatic rings. The Hall–Kier alpha value is -1.79. The van der Waals surface area contributed by atoms with Crippen LogP contribution < -0.4 is 5.73 Å². The highest BCUT2D eigenvalue weighted by molar-refractivity contribution is 5.57. The fraction of sp³-hybridized carbons (Fsp3) is 0.364. The summed E-state index contributed by atoms with van der Waals surface area (Å²) in [5, 5.41) is 12.6. The van der Waals surface area contributed by atoms with Crippen LogP contribution in [0.5, 0.6) is 0 Å². The third kappa shape index (κ3) is 2.48. The van der Waals surface area contributed by atoms with E-state index in [-0.39, 0.29) is 6.61 Å². The van der Waals surface area contributed by atoms with Crippen molar-refractivity contribution < 1.29 is 9.63 Å². The van der Waals surface area contributed by atoms with Gasteiger partial charge in [0.05, 0.1) is 6.04 Å². The smallest absolute Gasteiger partial charge is 0.243 e. The van der Waals surface area contributed by atoms with Gasteiger partial charge in [-0.25, -0.2) is 0 Å². The quantitative estimate of drug-likeness (QED) is 0.812. The SMILES string of the molecule is Cc1ccncc1-c1noc(C(N)CCO)n1. The van der Waals surface area contributed by atoms with Crippen LogP contribution >= 0.6 is 0 Å². The minimum Gasteiger partial charge on any atom is -0.396 e. The Labute approximate surface area is 98.5 Å². The Morgan fingerprint density at radius 2 is 2.35 bits per heavy atom. The minimum absolute atomic E-state index is 0.00913. The van der Waals surface area contributed by atoms with Gasteiger partial charge in [-0.05, 0) is 25.0 Å². The van der Waals surface area contributed by atoms with Gasteiger partial charge >= 0.3 is 0 Å². The summed E-state index contributed by atoms with van der Waals surface area (Å²) in [6, 6.07) is 1.44. The van der Waals surface area contributed by atoms with E-state index in [1.165, 1.54) is 0 Å². The average Bonchev–Trinajstić information content (AvgIpc) is 2.79. The van der Waals surface area contributed by atoms with Crippen LogP contribution in [0.25, 0.3) is 11.4 Å². The fourth-order valence-corrected chi connectivity index (χ4v) is 1.46. The van der Waals surface area contributed by atoms with Gasteiger partial charge in [-0.1, -0.05) is 5.16 Å². The first-order chi connectivity index (χ1) is 8.22. The highest BCUT2D eigenvalue weighted by Gasteiger charge is 2.16. The molecule has 1 atom stereocenters. The molecule has 0 aromatic carbocycles. The van der Waals surface area contributed by atoms with Crippen LogP contribution in [0.3, 0.4) is 0 Å². The van der Waals surface area contributed by atoms with E-state index in [9.17, 15) is 0 Å². The molecule has 2 heterocycles. The van der Waals surface area contributed by atoms with Crippen LogP contribution in [0, 0.1) is 6.92 Å². The molecule has 2 rings (SSSR count). The third-order valence-corrected chi connectivity index (χ3v) is 2.48. The van der Waals surface area contributed by atoms with E-state index in [2.05, 4.69) is 15.1 Å².